The van der Waals surface area contributed by atoms with Crippen LogP contribution in [0.1, 0.15) is 33.6 Å². The number of amides is 3. The highest BCUT2D eigenvalue weighted by atomic mass is 32.2. The molecule has 9 nitrogen and oxygen atoms in total. The molecule has 3 N–H and O–H groups in total. The van der Waals surface area contributed by atoms with Crippen molar-refractivity contribution in [1.82, 2.24) is 9.80 Å². The smallest absolute Gasteiger partial charge is 0.410 e. The van der Waals surface area contributed by atoms with Crippen molar-refractivity contribution < 1.29 is 22.7 Å². The number of nitrogens with two attached hydrogens (primary N) is 1. The maximum absolute atomic E-state index is 12.6. The van der Waals surface area contributed by atoms with Gasteiger partial charge in [0.1, 0.15) is 5.60 Å². The van der Waals surface area contributed by atoms with Gasteiger partial charge in [-0.1, -0.05) is 0 Å². The van der Waals surface area contributed by atoms with Crippen LogP contribution in [0.4, 0.5) is 15.3 Å². The van der Waals surface area contributed by atoms with Crippen molar-refractivity contribution in [2.75, 3.05) is 32.0 Å². The number of carbonyl (C=O) groups is 2. The van der Waals surface area contributed by atoms with Crippen LogP contribution in [0.25, 0.3) is 0 Å². The molecular weight excluding hydrogens is 396 g/mol. The van der Waals surface area contributed by atoms with Gasteiger partial charge in [-0.15, -0.1) is 0 Å². The fourth-order valence-electron chi connectivity index (χ4n) is 3.13. The Morgan fingerprint density at radius 2 is 1.90 bits per heavy atom. The van der Waals surface area contributed by atoms with Gasteiger partial charge in [0.25, 0.3) is 0 Å². The molecule has 1 aromatic rings. The predicted molar refractivity (Wildman–Crippen MR) is 110 cm³/mol. The van der Waals surface area contributed by atoms with Gasteiger partial charge in [0.05, 0.1) is 4.90 Å². The Morgan fingerprint density at radius 3 is 2.45 bits per heavy atom. The molecule has 0 spiro atoms. The van der Waals surface area contributed by atoms with E-state index in [2.05, 4.69) is 5.32 Å². The lowest BCUT2D eigenvalue weighted by Gasteiger charge is -2.35. The second kappa shape index (κ2) is 9.00. The summed E-state index contributed by atoms with van der Waals surface area (Å²) in [5.41, 5.74) is -0.0711. The number of rotatable bonds is 4. The second-order valence-corrected chi connectivity index (χ2v) is 9.88. The number of anilines is 1. The van der Waals surface area contributed by atoms with Gasteiger partial charge in [-0.25, -0.2) is 23.1 Å². The number of piperidine rings is 1. The zero-order valence-electron chi connectivity index (χ0n) is 17.3. The molecule has 1 aromatic carbocycles. The van der Waals surface area contributed by atoms with E-state index in [1.807, 2.05) is 20.8 Å². The first kappa shape index (κ1) is 23.0. The molecule has 1 atom stereocenters. The van der Waals surface area contributed by atoms with E-state index in [0.29, 0.717) is 25.3 Å². The lowest BCUT2D eigenvalue weighted by atomic mass is 9.98. The molecule has 162 valence electrons. The largest absolute Gasteiger partial charge is 0.444 e. The highest BCUT2D eigenvalue weighted by Gasteiger charge is 2.27. The molecular formula is C19H30N4O5S. The van der Waals surface area contributed by atoms with Gasteiger partial charge in [0, 0.05) is 32.4 Å². The van der Waals surface area contributed by atoms with Crippen LogP contribution >= 0.6 is 0 Å². The number of ether oxygens (including phenoxy) is 1. The summed E-state index contributed by atoms with van der Waals surface area (Å²) in [5, 5.41) is 7.84. The van der Waals surface area contributed by atoms with E-state index in [9.17, 15) is 18.0 Å². The second-order valence-electron chi connectivity index (χ2n) is 8.31. The minimum Gasteiger partial charge on any atom is -0.444 e. The van der Waals surface area contributed by atoms with E-state index in [4.69, 9.17) is 9.88 Å². The molecule has 0 aliphatic carbocycles. The first-order valence-electron chi connectivity index (χ1n) is 9.48. The fraction of sp³-hybridized carbons (Fsp3) is 0.579. The Morgan fingerprint density at radius 1 is 1.28 bits per heavy atom. The molecule has 0 bridgehead atoms. The average Bonchev–Trinajstić information content (AvgIpc) is 2.60. The molecule has 0 radical (unpaired) electrons. The number of hydrogen-bond acceptors (Lipinski definition) is 5. The lowest BCUT2D eigenvalue weighted by Crippen LogP contribution is -2.46. The first-order chi connectivity index (χ1) is 13.3. The van der Waals surface area contributed by atoms with Crippen molar-refractivity contribution in [3.63, 3.8) is 0 Å². The monoisotopic (exact) mass is 426 g/mol. The fourth-order valence-corrected chi connectivity index (χ4v) is 3.65. The molecule has 0 aromatic heterocycles. The quantitative estimate of drug-likeness (QED) is 0.766. The number of likely N-dealkylation sites (tertiary alicyclic amines) is 1. The maximum atomic E-state index is 12.6. The summed E-state index contributed by atoms with van der Waals surface area (Å²) in [6.45, 7) is 7.10. The Kier molecular flexibility index (Phi) is 7.12. The van der Waals surface area contributed by atoms with E-state index in [1.54, 1.807) is 16.8 Å². The third-order valence-corrected chi connectivity index (χ3v) is 5.41. The van der Waals surface area contributed by atoms with Crippen LogP contribution in [0.15, 0.2) is 29.2 Å². The standard InChI is InChI=1S/C19H30N4O5S/c1-19(2,3)28-18(25)22(4)12-14-6-5-11-23(13-14)17(24)21-15-7-9-16(10-8-15)29(20,26)27/h7-10,14H,5-6,11-13H2,1-4H3,(H,21,24)(H2,20,26,27). The van der Waals surface area contributed by atoms with Gasteiger partial charge in [0.15, 0.2) is 0 Å². The van der Waals surface area contributed by atoms with Crippen LogP contribution in [0.5, 0.6) is 0 Å². The molecule has 1 fully saturated rings. The number of sulfonamides is 1. The molecule has 1 aliphatic heterocycles. The Labute approximate surface area is 172 Å². The van der Waals surface area contributed by atoms with E-state index in [1.165, 1.54) is 24.3 Å². The first-order valence-corrected chi connectivity index (χ1v) is 11.0. The molecule has 2 rings (SSSR count). The van der Waals surface area contributed by atoms with E-state index in [-0.39, 0.29) is 22.9 Å². The average molecular weight is 427 g/mol. The van der Waals surface area contributed by atoms with Crippen LogP contribution in [0, 0.1) is 5.92 Å². The van der Waals surface area contributed by atoms with Gasteiger partial charge >= 0.3 is 12.1 Å². The summed E-state index contributed by atoms with van der Waals surface area (Å²) >= 11 is 0. The van der Waals surface area contributed by atoms with Gasteiger partial charge in [0.2, 0.25) is 10.0 Å². The number of benzene rings is 1. The van der Waals surface area contributed by atoms with Gasteiger partial charge < -0.3 is 19.9 Å². The molecule has 10 heteroatoms. The minimum atomic E-state index is -3.77. The topological polar surface area (TPSA) is 122 Å². The van der Waals surface area contributed by atoms with Crippen LogP contribution in [0.2, 0.25) is 0 Å². The van der Waals surface area contributed by atoms with Crippen molar-refractivity contribution in [2.24, 2.45) is 11.1 Å². The molecule has 29 heavy (non-hydrogen) atoms. The number of nitrogens with zero attached hydrogens (tertiary/aromatic N) is 2. The number of primary sulfonamides is 1. The normalized spacial score (nSPS) is 17.6. The maximum Gasteiger partial charge on any atom is 0.410 e. The van der Waals surface area contributed by atoms with Crippen molar-refractivity contribution >= 4 is 27.8 Å². The van der Waals surface area contributed by atoms with Crippen LogP contribution in [-0.2, 0) is 14.8 Å². The van der Waals surface area contributed by atoms with Gasteiger partial charge in [-0.2, -0.15) is 0 Å². The Hall–Kier alpha value is -2.33. The molecule has 1 aliphatic rings. The van der Waals surface area contributed by atoms with Crippen molar-refractivity contribution in [3.8, 4) is 0 Å². The SMILES string of the molecule is CN(CC1CCCN(C(=O)Nc2ccc(S(N)(=O)=O)cc2)C1)C(=O)OC(C)(C)C. The lowest BCUT2D eigenvalue weighted by molar-refractivity contribution is 0.0253. The van der Waals surface area contributed by atoms with Gasteiger partial charge in [-0.05, 0) is 63.8 Å². The molecule has 1 unspecified atom stereocenters. The summed E-state index contributed by atoms with van der Waals surface area (Å²) in [6.07, 6.45) is 1.37. The van der Waals surface area contributed by atoms with Crippen LogP contribution in [-0.4, -0.2) is 62.6 Å². The van der Waals surface area contributed by atoms with E-state index >= 15 is 0 Å². The van der Waals surface area contributed by atoms with Gasteiger partial charge in [-0.3, -0.25) is 0 Å². The molecule has 3 amide bonds. The zero-order chi connectivity index (χ0) is 21.8. The minimum absolute atomic E-state index is 0.0151. The third-order valence-electron chi connectivity index (χ3n) is 4.48. The molecule has 0 saturated carbocycles. The van der Waals surface area contributed by atoms with Crippen LogP contribution in [0.3, 0.4) is 0 Å². The zero-order valence-corrected chi connectivity index (χ0v) is 18.2. The summed E-state index contributed by atoms with van der Waals surface area (Å²) < 4.78 is 28.0. The summed E-state index contributed by atoms with van der Waals surface area (Å²) in [6, 6.07) is 5.42. The van der Waals surface area contributed by atoms with E-state index in [0.717, 1.165) is 12.8 Å². The highest BCUT2D eigenvalue weighted by Crippen LogP contribution is 2.20. The van der Waals surface area contributed by atoms with Crippen molar-refractivity contribution in [3.05, 3.63) is 24.3 Å². The van der Waals surface area contributed by atoms with Crippen LogP contribution < -0.4 is 10.5 Å². The number of hydrogen-bond donors (Lipinski definition) is 2. The third kappa shape index (κ3) is 7.21. The highest BCUT2D eigenvalue weighted by molar-refractivity contribution is 7.89. The van der Waals surface area contributed by atoms with Crippen molar-refractivity contribution in [1.29, 1.82) is 0 Å². The Bertz CT molecular complexity index is 833. The number of carbonyl (C=O) groups excluding carboxylic acids is 2. The van der Waals surface area contributed by atoms with E-state index < -0.39 is 15.6 Å². The molecule has 1 saturated heterocycles. The van der Waals surface area contributed by atoms with Crippen molar-refractivity contribution in [2.45, 2.75) is 44.1 Å². The summed E-state index contributed by atoms with van der Waals surface area (Å²) in [5.74, 6) is 0.150. The predicted octanol–water partition coefficient (Wildman–Crippen LogP) is 2.44. The number of nitrogens with one attached hydrogen (secondary N) is 1. The summed E-state index contributed by atoms with van der Waals surface area (Å²) in [4.78, 5) is 27.9. The molecule has 1 heterocycles. The number of urea groups is 1. The Balaban J connectivity index is 1.91. The summed E-state index contributed by atoms with van der Waals surface area (Å²) in [7, 11) is -2.08.